The van der Waals surface area contributed by atoms with E-state index in [0.717, 1.165) is 12.3 Å². The number of benzene rings is 1. The number of fused-ring (bicyclic) bond motifs is 1. The summed E-state index contributed by atoms with van der Waals surface area (Å²) in [7, 11) is 0. The Morgan fingerprint density at radius 2 is 2.07 bits per heavy atom. The van der Waals surface area contributed by atoms with Crippen molar-refractivity contribution < 1.29 is 4.74 Å². The Bertz CT molecular complexity index is 369. The third-order valence-corrected chi connectivity index (χ3v) is 2.68. The number of hydrogen-bond donors (Lipinski definition) is 1. The summed E-state index contributed by atoms with van der Waals surface area (Å²) in [5, 5.41) is 3.26. The van der Waals surface area contributed by atoms with Crippen molar-refractivity contribution >= 4 is 11.8 Å². The fraction of sp³-hybridized carbons (Fsp3) is 0.385. The molecule has 0 aromatic heterocycles. The highest BCUT2D eigenvalue weighted by molar-refractivity contribution is 5.68. The van der Waals surface area contributed by atoms with E-state index in [2.05, 4.69) is 43.4 Å². The topological polar surface area (TPSA) is 21.3 Å². The Labute approximate surface area is 91.0 Å². The molecule has 1 aromatic rings. The number of para-hydroxylation sites is 1. The molecule has 0 spiro atoms. The second-order valence-electron chi connectivity index (χ2n) is 4.13. The first-order valence-corrected chi connectivity index (χ1v) is 5.38. The van der Waals surface area contributed by atoms with Crippen LogP contribution in [0, 0.1) is 5.92 Å². The summed E-state index contributed by atoms with van der Waals surface area (Å²) in [4.78, 5) is 0. The van der Waals surface area contributed by atoms with E-state index < -0.39 is 0 Å². The molecule has 0 unspecified atom stereocenters. The summed E-state index contributed by atoms with van der Waals surface area (Å²) in [5.74, 6) is 0.538. The van der Waals surface area contributed by atoms with Crippen molar-refractivity contribution in [1.29, 1.82) is 0 Å². The molecule has 1 aromatic carbocycles. The van der Waals surface area contributed by atoms with Crippen LogP contribution in [0.15, 0.2) is 29.8 Å². The van der Waals surface area contributed by atoms with Gasteiger partial charge in [0.25, 0.3) is 0 Å². The minimum atomic E-state index is 0.538. The van der Waals surface area contributed by atoms with E-state index in [0.29, 0.717) is 12.6 Å². The number of hydrogen-bond acceptors (Lipinski definition) is 2. The molecule has 0 atom stereocenters. The Morgan fingerprint density at radius 3 is 2.87 bits per heavy atom. The number of anilines is 1. The van der Waals surface area contributed by atoms with Crippen molar-refractivity contribution in [3.05, 3.63) is 35.4 Å². The minimum Gasteiger partial charge on any atom is -0.362 e. The maximum atomic E-state index is 5.53. The van der Waals surface area contributed by atoms with E-state index in [1.54, 1.807) is 0 Å². The Kier molecular flexibility index (Phi) is 3.07. The quantitative estimate of drug-likeness (QED) is 0.757. The van der Waals surface area contributed by atoms with Crippen LogP contribution >= 0.6 is 0 Å². The molecule has 0 saturated carbocycles. The molecule has 1 N–H and O–H groups in total. The standard InChI is InChI=1S/C13H17NO/c1-10(2)12-7-11-5-3-4-6-13(11)14-9-15-8-12/h3-7,10,14H,8-9H2,1-2H3/b12-7+. The molecule has 15 heavy (non-hydrogen) atoms. The van der Waals surface area contributed by atoms with Crippen molar-refractivity contribution in [3.63, 3.8) is 0 Å². The molecule has 0 aliphatic carbocycles. The largest absolute Gasteiger partial charge is 0.362 e. The molecule has 0 radical (unpaired) electrons. The lowest BCUT2D eigenvalue weighted by atomic mass is 10.00. The first-order chi connectivity index (χ1) is 7.27. The van der Waals surface area contributed by atoms with Gasteiger partial charge in [0.2, 0.25) is 0 Å². The number of ether oxygens (including phenoxy) is 1. The van der Waals surface area contributed by atoms with E-state index in [1.807, 2.05) is 6.07 Å². The Morgan fingerprint density at radius 1 is 1.27 bits per heavy atom. The van der Waals surface area contributed by atoms with Gasteiger partial charge >= 0.3 is 0 Å². The van der Waals surface area contributed by atoms with Crippen molar-refractivity contribution in [2.45, 2.75) is 13.8 Å². The molecule has 2 nitrogen and oxygen atoms in total. The SMILES string of the molecule is CC(C)/C1=C/c2ccccc2NCOC1. The van der Waals surface area contributed by atoms with E-state index in [1.165, 1.54) is 11.1 Å². The van der Waals surface area contributed by atoms with Crippen molar-refractivity contribution in [2.75, 3.05) is 18.7 Å². The van der Waals surface area contributed by atoms with Crippen LogP contribution in [0.1, 0.15) is 19.4 Å². The van der Waals surface area contributed by atoms with E-state index in [9.17, 15) is 0 Å². The molecule has 2 heteroatoms. The molecule has 1 aliphatic rings. The Hall–Kier alpha value is -1.28. The fourth-order valence-electron chi connectivity index (χ4n) is 1.66. The summed E-state index contributed by atoms with van der Waals surface area (Å²) >= 11 is 0. The smallest absolute Gasteiger partial charge is 0.116 e. The summed E-state index contributed by atoms with van der Waals surface area (Å²) in [6.07, 6.45) is 2.23. The summed E-state index contributed by atoms with van der Waals surface area (Å²) in [6.45, 7) is 5.71. The van der Waals surface area contributed by atoms with Crippen LogP contribution in [0.25, 0.3) is 6.08 Å². The predicted octanol–water partition coefficient (Wildman–Crippen LogP) is 3.13. The zero-order valence-electron chi connectivity index (χ0n) is 9.29. The van der Waals surface area contributed by atoms with Crippen LogP contribution in [-0.4, -0.2) is 13.3 Å². The zero-order chi connectivity index (χ0) is 10.7. The van der Waals surface area contributed by atoms with Gasteiger partial charge in [0.15, 0.2) is 0 Å². The average Bonchev–Trinajstić information content (AvgIpc) is 2.18. The van der Waals surface area contributed by atoms with Crippen LogP contribution in [-0.2, 0) is 4.74 Å². The molecular weight excluding hydrogens is 186 g/mol. The highest BCUT2D eigenvalue weighted by atomic mass is 16.5. The second kappa shape index (κ2) is 4.49. The molecular formula is C13H17NO. The maximum absolute atomic E-state index is 5.53. The van der Waals surface area contributed by atoms with Gasteiger partial charge in [0.1, 0.15) is 6.73 Å². The lowest BCUT2D eigenvalue weighted by Gasteiger charge is -2.18. The van der Waals surface area contributed by atoms with Gasteiger partial charge in [-0.1, -0.05) is 38.1 Å². The minimum absolute atomic E-state index is 0.538. The first-order valence-electron chi connectivity index (χ1n) is 5.38. The summed E-state index contributed by atoms with van der Waals surface area (Å²) in [5.41, 5.74) is 3.75. The monoisotopic (exact) mass is 203 g/mol. The van der Waals surface area contributed by atoms with Crippen LogP contribution in [0.5, 0.6) is 0 Å². The highest BCUT2D eigenvalue weighted by Gasteiger charge is 2.08. The van der Waals surface area contributed by atoms with Gasteiger partial charge in [-0.3, -0.25) is 0 Å². The first kappa shape index (κ1) is 10.2. The van der Waals surface area contributed by atoms with Gasteiger partial charge in [0.05, 0.1) is 6.61 Å². The normalized spacial score (nSPS) is 19.5. The van der Waals surface area contributed by atoms with Crippen LogP contribution < -0.4 is 5.32 Å². The van der Waals surface area contributed by atoms with Crippen molar-refractivity contribution in [3.8, 4) is 0 Å². The summed E-state index contributed by atoms with van der Waals surface area (Å²) in [6, 6.07) is 8.32. The molecule has 0 saturated heterocycles. The van der Waals surface area contributed by atoms with Gasteiger partial charge in [-0.2, -0.15) is 0 Å². The number of nitrogens with one attached hydrogen (secondary N) is 1. The predicted molar refractivity (Wildman–Crippen MR) is 63.7 cm³/mol. The van der Waals surface area contributed by atoms with E-state index in [-0.39, 0.29) is 0 Å². The van der Waals surface area contributed by atoms with Crippen LogP contribution in [0.4, 0.5) is 5.69 Å². The average molecular weight is 203 g/mol. The third-order valence-electron chi connectivity index (χ3n) is 2.68. The lowest BCUT2D eigenvalue weighted by Crippen LogP contribution is -2.13. The molecule has 1 aliphatic heterocycles. The van der Waals surface area contributed by atoms with Gasteiger partial charge < -0.3 is 10.1 Å². The molecule has 80 valence electrons. The van der Waals surface area contributed by atoms with Gasteiger partial charge in [-0.15, -0.1) is 0 Å². The summed E-state index contributed by atoms with van der Waals surface area (Å²) < 4.78 is 5.53. The lowest BCUT2D eigenvalue weighted by molar-refractivity contribution is 0.170. The van der Waals surface area contributed by atoms with Crippen LogP contribution in [0.3, 0.4) is 0 Å². The Balaban J connectivity index is 2.39. The van der Waals surface area contributed by atoms with E-state index in [4.69, 9.17) is 4.74 Å². The van der Waals surface area contributed by atoms with Gasteiger partial charge in [-0.05, 0) is 23.1 Å². The fourth-order valence-corrected chi connectivity index (χ4v) is 1.66. The molecule has 0 bridgehead atoms. The molecule has 0 fully saturated rings. The molecule has 0 amide bonds. The molecule has 2 rings (SSSR count). The van der Waals surface area contributed by atoms with Crippen LogP contribution in [0.2, 0.25) is 0 Å². The maximum Gasteiger partial charge on any atom is 0.116 e. The number of rotatable bonds is 1. The third kappa shape index (κ3) is 2.39. The van der Waals surface area contributed by atoms with Crippen molar-refractivity contribution in [2.24, 2.45) is 5.92 Å². The van der Waals surface area contributed by atoms with Crippen molar-refractivity contribution in [1.82, 2.24) is 0 Å². The van der Waals surface area contributed by atoms with E-state index >= 15 is 0 Å². The molecule has 1 heterocycles. The van der Waals surface area contributed by atoms with Gasteiger partial charge in [0, 0.05) is 5.69 Å². The van der Waals surface area contributed by atoms with Gasteiger partial charge in [-0.25, -0.2) is 0 Å². The zero-order valence-corrected chi connectivity index (χ0v) is 9.29. The second-order valence-corrected chi connectivity index (χ2v) is 4.13. The highest BCUT2D eigenvalue weighted by Crippen LogP contribution is 2.23.